The van der Waals surface area contributed by atoms with Crippen LogP contribution in [0, 0.1) is 0 Å². The van der Waals surface area contributed by atoms with E-state index in [1.807, 2.05) is 0 Å². The summed E-state index contributed by atoms with van der Waals surface area (Å²) in [6.07, 6.45) is 0. The predicted molar refractivity (Wildman–Crippen MR) is 73.4 cm³/mol. The maximum absolute atomic E-state index is 12.0. The third kappa shape index (κ3) is 2.84. The molecule has 1 aromatic rings. The molecule has 1 fully saturated rings. The van der Waals surface area contributed by atoms with Crippen LogP contribution in [-0.4, -0.2) is 45.5 Å². The van der Waals surface area contributed by atoms with E-state index in [0.29, 0.717) is 6.61 Å². The number of amides is 2. The van der Waals surface area contributed by atoms with Gasteiger partial charge in [-0.2, -0.15) is 15.0 Å². The summed E-state index contributed by atoms with van der Waals surface area (Å²) in [5.74, 6) is 4.67. The van der Waals surface area contributed by atoms with Crippen LogP contribution in [0.15, 0.2) is 0 Å². The Kier molecular flexibility index (Phi) is 3.89. The summed E-state index contributed by atoms with van der Waals surface area (Å²) in [4.78, 5) is 37.1. The lowest BCUT2D eigenvalue weighted by Crippen LogP contribution is -2.64. The first-order valence-electron chi connectivity index (χ1n) is 6.36. The first kappa shape index (κ1) is 14.9. The van der Waals surface area contributed by atoms with Crippen molar-refractivity contribution in [2.45, 2.75) is 26.3 Å². The number of hydrogen-bond donors (Lipinski definition) is 3. The number of nitrogen functional groups attached to an aromatic ring is 1. The highest BCUT2D eigenvalue weighted by Crippen LogP contribution is 2.25. The van der Waals surface area contributed by atoms with Crippen LogP contribution in [0.25, 0.3) is 0 Å². The molecule has 1 aliphatic heterocycles. The second-order valence-electron chi connectivity index (χ2n) is 4.84. The van der Waals surface area contributed by atoms with E-state index in [2.05, 4.69) is 25.7 Å². The number of nitrogens with one attached hydrogen (secondary N) is 2. The summed E-state index contributed by atoms with van der Waals surface area (Å²) in [6.45, 7) is 5.40. The van der Waals surface area contributed by atoms with Gasteiger partial charge in [0.1, 0.15) is 12.1 Å². The van der Waals surface area contributed by atoms with E-state index in [4.69, 9.17) is 10.6 Å². The van der Waals surface area contributed by atoms with Gasteiger partial charge in [0.15, 0.2) is 0 Å². The second-order valence-corrected chi connectivity index (χ2v) is 4.84. The number of hydrazine groups is 1. The number of carbonyl (C=O) groups is 2. The molecule has 2 amide bonds. The number of nitrogens with two attached hydrogens (primary N) is 1. The van der Waals surface area contributed by atoms with Crippen LogP contribution in [0.2, 0.25) is 0 Å². The molecule has 0 aromatic carbocycles. The molecule has 2 heterocycles. The SMILES string of the molecule is CCOc1nc(NN)nc(N2CC(=O)NC(=O)C2(C)C)n1. The molecule has 4 N–H and O–H groups in total. The number of ether oxygens (including phenoxy) is 1. The first-order valence-corrected chi connectivity index (χ1v) is 6.36. The van der Waals surface area contributed by atoms with Crippen molar-refractivity contribution in [3.05, 3.63) is 0 Å². The number of hydrogen-bond acceptors (Lipinski definition) is 9. The molecule has 0 bridgehead atoms. The Morgan fingerprint density at radius 1 is 1.38 bits per heavy atom. The van der Waals surface area contributed by atoms with Gasteiger partial charge in [0.05, 0.1) is 6.61 Å². The smallest absolute Gasteiger partial charge is 0.323 e. The molecule has 10 nitrogen and oxygen atoms in total. The van der Waals surface area contributed by atoms with E-state index in [-0.39, 0.29) is 24.5 Å². The van der Waals surface area contributed by atoms with Crippen LogP contribution in [-0.2, 0) is 9.59 Å². The molecule has 1 aromatic heterocycles. The average Bonchev–Trinajstić information content (AvgIpc) is 2.43. The number of aromatic nitrogens is 3. The largest absolute Gasteiger partial charge is 0.464 e. The summed E-state index contributed by atoms with van der Waals surface area (Å²) in [5.41, 5.74) is 1.31. The van der Waals surface area contributed by atoms with Crippen LogP contribution < -0.4 is 26.2 Å². The number of imide groups is 1. The lowest BCUT2D eigenvalue weighted by Gasteiger charge is -2.39. The van der Waals surface area contributed by atoms with Crippen LogP contribution in [0.1, 0.15) is 20.8 Å². The summed E-state index contributed by atoms with van der Waals surface area (Å²) in [5, 5.41) is 2.28. The van der Waals surface area contributed by atoms with Gasteiger partial charge in [0, 0.05) is 0 Å². The van der Waals surface area contributed by atoms with Crippen molar-refractivity contribution < 1.29 is 14.3 Å². The molecule has 1 saturated heterocycles. The lowest BCUT2D eigenvalue weighted by atomic mass is 9.99. The Labute approximate surface area is 121 Å². The monoisotopic (exact) mass is 295 g/mol. The predicted octanol–water partition coefficient (Wildman–Crippen LogP) is -1.20. The molecule has 114 valence electrons. The number of piperazine rings is 1. The van der Waals surface area contributed by atoms with Crippen molar-refractivity contribution in [1.29, 1.82) is 0 Å². The van der Waals surface area contributed by atoms with Crippen LogP contribution >= 0.6 is 0 Å². The molecule has 0 aliphatic carbocycles. The number of carbonyl (C=O) groups excluding carboxylic acids is 2. The number of nitrogens with zero attached hydrogens (tertiary/aromatic N) is 4. The Hall–Kier alpha value is -2.49. The minimum atomic E-state index is -0.995. The van der Waals surface area contributed by atoms with Crippen molar-refractivity contribution in [3.63, 3.8) is 0 Å². The molecular formula is C11H17N7O3. The van der Waals surface area contributed by atoms with E-state index in [0.717, 1.165) is 0 Å². The fourth-order valence-electron chi connectivity index (χ4n) is 1.83. The molecule has 1 aliphatic rings. The van der Waals surface area contributed by atoms with Crippen molar-refractivity contribution in [2.24, 2.45) is 5.84 Å². The lowest BCUT2D eigenvalue weighted by molar-refractivity contribution is -0.135. The summed E-state index contributed by atoms with van der Waals surface area (Å²) in [7, 11) is 0. The standard InChI is InChI=1S/C11H17N7O3/c1-4-21-10-15-8(17-12)14-9(16-10)18-5-6(19)13-7(20)11(18,2)3/h4-5,12H2,1-3H3,(H,13,19,20)(H,14,15,16,17). The van der Waals surface area contributed by atoms with Gasteiger partial charge in [-0.05, 0) is 20.8 Å². The maximum atomic E-state index is 12.0. The van der Waals surface area contributed by atoms with E-state index in [1.165, 1.54) is 4.90 Å². The number of anilines is 2. The van der Waals surface area contributed by atoms with Gasteiger partial charge < -0.3 is 9.64 Å². The average molecular weight is 295 g/mol. The molecule has 10 heteroatoms. The quantitative estimate of drug-likeness (QED) is 0.355. The highest BCUT2D eigenvalue weighted by atomic mass is 16.5. The van der Waals surface area contributed by atoms with Crippen molar-refractivity contribution in [1.82, 2.24) is 20.3 Å². The van der Waals surface area contributed by atoms with Crippen molar-refractivity contribution in [3.8, 4) is 6.01 Å². The fraction of sp³-hybridized carbons (Fsp3) is 0.545. The Bertz CT molecular complexity index is 575. The van der Waals surface area contributed by atoms with Gasteiger partial charge in [-0.25, -0.2) is 5.84 Å². The number of rotatable bonds is 4. The van der Waals surface area contributed by atoms with Gasteiger partial charge in [-0.1, -0.05) is 0 Å². The molecule has 21 heavy (non-hydrogen) atoms. The highest BCUT2D eigenvalue weighted by molar-refractivity contribution is 6.06. The summed E-state index contributed by atoms with van der Waals surface area (Å²) >= 11 is 0. The Morgan fingerprint density at radius 2 is 2.10 bits per heavy atom. The van der Waals surface area contributed by atoms with E-state index < -0.39 is 17.4 Å². The molecule has 0 saturated carbocycles. The first-order chi connectivity index (χ1) is 9.88. The van der Waals surface area contributed by atoms with Crippen LogP contribution in [0.4, 0.5) is 11.9 Å². The Balaban J connectivity index is 2.45. The third-order valence-corrected chi connectivity index (χ3v) is 3.03. The van der Waals surface area contributed by atoms with Crippen LogP contribution in [0.5, 0.6) is 6.01 Å². The van der Waals surface area contributed by atoms with Gasteiger partial charge in [0.2, 0.25) is 17.8 Å². The van der Waals surface area contributed by atoms with Gasteiger partial charge in [-0.3, -0.25) is 20.3 Å². The normalized spacial score (nSPS) is 17.4. The van der Waals surface area contributed by atoms with Crippen LogP contribution in [0.3, 0.4) is 0 Å². The van der Waals surface area contributed by atoms with Gasteiger partial charge >= 0.3 is 6.01 Å². The van der Waals surface area contributed by atoms with Gasteiger partial charge in [-0.15, -0.1) is 0 Å². The van der Waals surface area contributed by atoms with Gasteiger partial charge in [0.25, 0.3) is 5.91 Å². The topological polar surface area (TPSA) is 135 Å². The van der Waals surface area contributed by atoms with Crippen molar-refractivity contribution in [2.75, 3.05) is 23.5 Å². The molecule has 0 unspecified atom stereocenters. The molecule has 0 spiro atoms. The summed E-state index contributed by atoms with van der Waals surface area (Å²) < 4.78 is 5.23. The fourth-order valence-corrected chi connectivity index (χ4v) is 1.83. The maximum Gasteiger partial charge on any atom is 0.323 e. The zero-order valence-electron chi connectivity index (χ0n) is 12.0. The minimum Gasteiger partial charge on any atom is -0.464 e. The highest BCUT2D eigenvalue weighted by Gasteiger charge is 2.42. The molecule has 2 rings (SSSR count). The van der Waals surface area contributed by atoms with E-state index in [9.17, 15) is 9.59 Å². The molecule has 0 atom stereocenters. The second kappa shape index (κ2) is 5.48. The summed E-state index contributed by atoms with van der Waals surface area (Å²) in [6, 6.07) is 0.0599. The third-order valence-electron chi connectivity index (χ3n) is 3.03. The van der Waals surface area contributed by atoms with E-state index in [1.54, 1.807) is 20.8 Å². The van der Waals surface area contributed by atoms with Crippen molar-refractivity contribution >= 4 is 23.7 Å². The molecule has 0 radical (unpaired) electrons. The van der Waals surface area contributed by atoms with E-state index >= 15 is 0 Å². The zero-order chi connectivity index (χ0) is 15.6. The minimum absolute atomic E-state index is 0.0572. The zero-order valence-corrected chi connectivity index (χ0v) is 12.0. The molecular weight excluding hydrogens is 278 g/mol. The Morgan fingerprint density at radius 3 is 2.71 bits per heavy atom.